The molecule has 2 amide bonds. The van der Waals surface area contributed by atoms with E-state index < -0.39 is 11.4 Å². The van der Waals surface area contributed by atoms with Crippen LogP contribution in [0.15, 0.2) is 30.3 Å². The van der Waals surface area contributed by atoms with Crippen molar-refractivity contribution in [1.29, 1.82) is 0 Å². The zero-order chi connectivity index (χ0) is 17.6. The lowest BCUT2D eigenvalue weighted by atomic mass is 10.1. The number of nitrogens with one attached hydrogen (secondary N) is 1. The van der Waals surface area contributed by atoms with Gasteiger partial charge in [-0.15, -0.1) is 0 Å². The van der Waals surface area contributed by atoms with Gasteiger partial charge in [0.1, 0.15) is 5.41 Å². The number of carbonyl (C=O) groups excluding carboxylic acids is 3. The Morgan fingerprint density at radius 2 is 1.96 bits per heavy atom. The maximum atomic E-state index is 12.4. The monoisotopic (exact) mass is 342 g/mol. The fraction of sp³-hybridized carbons (Fsp3) is 0.526. The quantitative estimate of drug-likeness (QED) is 0.645. The first-order chi connectivity index (χ1) is 12.0. The van der Waals surface area contributed by atoms with E-state index in [9.17, 15) is 14.4 Å². The van der Waals surface area contributed by atoms with Crippen LogP contribution in [-0.4, -0.2) is 48.4 Å². The third-order valence-electron chi connectivity index (χ3n) is 5.64. The zero-order valence-electron chi connectivity index (χ0n) is 14.2. The molecule has 6 heteroatoms. The average molecular weight is 342 g/mol. The highest BCUT2D eigenvalue weighted by atomic mass is 16.5. The lowest BCUT2D eigenvalue weighted by Gasteiger charge is -2.19. The van der Waals surface area contributed by atoms with E-state index in [0.29, 0.717) is 31.7 Å². The molecule has 0 bridgehead atoms. The summed E-state index contributed by atoms with van der Waals surface area (Å²) in [6.45, 7) is 0.524. The second kappa shape index (κ2) is 5.86. The Kier molecular flexibility index (Phi) is 3.78. The van der Waals surface area contributed by atoms with E-state index in [1.54, 1.807) is 0 Å². The molecule has 0 radical (unpaired) electrons. The van der Waals surface area contributed by atoms with Gasteiger partial charge in [-0.2, -0.15) is 0 Å². The third kappa shape index (κ3) is 2.79. The van der Waals surface area contributed by atoms with Gasteiger partial charge in [-0.25, -0.2) is 0 Å². The number of esters is 1. The minimum Gasteiger partial charge on any atom is -0.468 e. The molecule has 4 rings (SSSR count). The van der Waals surface area contributed by atoms with Crippen LogP contribution < -0.4 is 5.32 Å². The van der Waals surface area contributed by atoms with Gasteiger partial charge >= 0.3 is 5.97 Å². The Bertz CT molecular complexity index is 713. The number of hydrogen-bond acceptors (Lipinski definition) is 4. The van der Waals surface area contributed by atoms with E-state index in [-0.39, 0.29) is 23.9 Å². The van der Waals surface area contributed by atoms with Crippen LogP contribution in [0.5, 0.6) is 0 Å². The number of ether oxygens (including phenoxy) is 1. The topological polar surface area (TPSA) is 75.7 Å². The second-order valence-electron chi connectivity index (χ2n) is 7.31. The average Bonchev–Trinajstić information content (AvgIpc) is 3.53. The van der Waals surface area contributed by atoms with E-state index in [4.69, 9.17) is 4.74 Å². The number of methoxy groups -OCH3 is 1. The van der Waals surface area contributed by atoms with Gasteiger partial charge in [-0.3, -0.25) is 14.4 Å². The van der Waals surface area contributed by atoms with Gasteiger partial charge in [0.25, 0.3) is 0 Å². The molecule has 3 fully saturated rings. The van der Waals surface area contributed by atoms with Crippen molar-refractivity contribution < 1.29 is 19.1 Å². The van der Waals surface area contributed by atoms with E-state index in [2.05, 4.69) is 17.4 Å². The molecule has 2 saturated carbocycles. The van der Waals surface area contributed by atoms with Gasteiger partial charge in [0.2, 0.25) is 11.8 Å². The fourth-order valence-electron chi connectivity index (χ4n) is 3.90. The fourth-order valence-corrected chi connectivity index (χ4v) is 3.90. The summed E-state index contributed by atoms with van der Waals surface area (Å²) in [5, 5.41) is 2.89. The summed E-state index contributed by atoms with van der Waals surface area (Å²) in [5.41, 5.74) is 0.243. The molecule has 25 heavy (non-hydrogen) atoms. The van der Waals surface area contributed by atoms with Crippen molar-refractivity contribution in [1.82, 2.24) is 10.2 Å². The highest BCUT2D eigenvalue weighted by molar-refractivity contribution is 6.05. The predicted octanol–water partition coefficient (Wildman–Crippen LogP) is 1.21. The first-order valence-electron chi connectivity index (χ1n) is 8.79. The molecule has 1 N–H and O–H groups in total. The molecule has 3 unspecified atom stereocenters. The van der Waals surface area contributed by atoms with E-state index in [1.807, 2.05) is 23.1 Å². The van der Waals surface area contributed by atoms with Crippen LogP contribution in [0.25, 0.3) is 0 Å². The van der Waals surface area contributed by atoms with Crippen molar-refractivity contribution in [3.8, 4) is 0 Å². The summed E-state index contributed by atoms with van der Waals surface area (Å²) in [6.07, 6.45) is 2.33. The lowest BCUT2D eigenvalue weighted by Crippen LogP contribution is -2.44. The maximum Gasteiger partial charge on any atom is 0.321 e. The molecule has 1 aromatic carbocycles. The molecule has 132 valence electrons. The Labute approximate surface area is 146 Å². The van der Waals surface area contributed by atoms with E-state index >= 15 is 0 Å². The van der Waals surface area contributed by atoms with Gasteiger partial charge in [0, 0.05) is 24.9 Å². The number of carbonyl (C=O) groups is 3. The largest absolute Gasteiger partial charge is 0.468 e. The Hall–Kier alpha value is -2.37. The summed E-state index contributed by atoms with van der Waals surface area (Å²) in [7, 11) is 1.30. The van der Waals surface area contributed by atoms with Crippen LogP contribution in [0, 0.1) is 5.41 Å². The van der Waals surface area contributed by atoms with Crippen molar-refractivity contribution in [3.05, 3.63) is 35.9 Å². The zero-order valence-corrected chi connectivity index (χ0v) is 14.2. The van der Waals surface area contributed by atoms with Crippen molar-refractivity contribution in [2.75, 3.05) is 13.7 Å². The van der Waals surface area contributed by atoms with Crippen molar-refractivity contribution in [2.24, 2.45) is 5.41 Å². The van der Waals surface area contributed by atoms with Crippen LogP contribution in [0.1, 0.15) is 37.2 Å². The van der Waals surface area contributed by atoms with E-state index in [0.717, 1.165) is 6.42 Å². The van der Waals surface area contributed by atoms with Crippen LogP contribution in [-0.2, 0) is 19.1 Å². The first kappa shape index (κ1) is 16.1. The number of amides is 2. The summed E-state index contributed by atoms with van der Waals surface area (Å²) >= 11 is 0. The standard InChI is InChI=1S/C19H22N2O4/c1-25-18(24)19(7-8-19)17(23)20-13-9-16(22)21(11-13)15-10-14(15)12-5-3-2-4-6-12/h2-6,13-15H,7-11H2,1H3,(H,20,23). The Morgan fingerprint density at radius 3 is 2.60 bits per heavy atom. The summed E-state index contributed by atoms with van der Waals surface area (Å²) in [4.78, 5) is 38.5. The summed E-state index contributed by atoms with van der Waals surface area (Å²) in [6, 6.07) is 10.2. The minimum absolute atomic E-state index is 0.0802. The minimum atomic E-state index is -1.02. The third-order valence-corrected chi connectivity index (χ3v) is 5.64. The number of likely N-dealkylation sites (tertiary alicyclic amines) is 1. The number of rotatable bonds is 5. The van der Waals surface area contributed by atoms with Crippen LogP contribution in [0.4, 0.5) is 0 Å². The maximum absolute atomic E-state index is 12.4. The van der Waals surface area contributed by atoms with Gasteiger partial charge in [-0.1, -0.05) is 30.3 Å². The second-order valence-corrected chi connectivity index (χ2v) is 7.31. The molecule has 0 aromatic heterocycles. The predicted molar refractivity (Wildman–Crippen MR) is 89.5 cm³/mol. The first-order valence-corrected chi connectivity index (χ1v) is 8.79. The van der Waals surface area contributed by atoms with Gasteiger partial charge < -0.3 is 15.0 Å². The van der Waals surface area contributed by atoms with Gasteiger partial charge in [0.05, 0.1) is 13.2 Å². The summed E-state index contributed by atoms with van der Waals surface area (Å²) in [5.74, 6) is -0.298. The van der Waals surface area contributed by atoms with Gasteiger partial charge in [-0.05, 0) is 24.8 Å². The highest BCUT2D eigenvalue weighted by Crippen LogP contribution is 2.48. The molecule has 1 aliphatic heterocycles. The molecular formula is C19H22N2O4. The lowest BCUT2D eigenvalue weighted by molar-refractivity contribution is -0.152. The molecule has 6 nitrogen and oxygen atoms in total. The molecule has 1 aromatic rings. The van der Waals surface area contributed by atoms with Gasteiger partial charge in [0.15, 0.2) is 0 Å². The SMILES string of the molecule is COC(=O)C1(C(=O)NC2CC(=O)N(C3CC3c3ccccc3)C2)CC1. The number of nitrogens with zero attached hydrogens (tertiary/aromatic N) is 1. The molecule has 0 spiro atoms. The molecule has 3 aliphatic rings. The Balaban J connectivity index is 1.36. The summed E-state index contributed by atoms with van der Waals surface area (Å²) < 4.78 is 4.74. The van der Waals surface area contributed by atoms with Crippen molar-refractivity contribution >= 4 is 17.8 Å². The van der Waals surface area contributed by atoms with Crippen LogP contribution in [0.3, 0.4) is 0 Å². The normalized spacial score (nSPS) is 29.2. The van der Waals surface area contributed by atoms with Crippen molar-refractivity contribution in [2.45, 2.75) is 43.7 Å². The molecule has 1 saturated heterocycles. The molecule has 1 heterocycles. The van der Waals surface area contributed by atoms with Crippen molar-refractivity contribution in [3.63, 3.8) is 0 Å². The molecular weight excluding hydrogens is 320 g/mol. The highest BCUT2D eigenvalue weighted by Gasteiger charge is 2.58. The molecule has 2 aliphatic carbocycles. The number of hydrogen-bond donors (Lipinski definition) is 1. The van der Waals surface area contributed by atoms with E-state index in [1.165, 1.54) is 12.7 Å². The molecule has 3 atom stereocenters. The number of benzene rings is 1. The Morgan fingerprint density at radius 1 is 1.24 bits per heavy atom. The smallest absolute Gasteiger partial charge is 0.321 e. The van der Waals surface area contributed by atoms with Crippen LogP contribution in [0.2, 0.25) is 0 Å². The van der Waals surface area contributed by atoms with Crippen LogP contribution >= 0.6 is 0 Å².